The third kappa shape index (κ3) is 5.56. The fourth-order valence-electron chi connectivity index (χ4n) is 5.89. The molecule has 148 valence electrons. The highest BCUT2D eigenvalue weighted by Crippen LogP contribution is 2.46. The van der Waals surface area contributed by atoms with E-state index in [1.807, 2.05) is 0 Å². The zero-order valence-electron chi connectivity index (χ0n) is 18.7. The molecule has 1 rings (SSSR count). The Morgan fingerprint density at radius 3 is 1.80 bits per heavy atom. The normalized spacial score (nSPS) is 17.9. The lowest BCUT2D eigenvalue weighted by molar-refractivity contribution is 0.233. The molecule has 3 heteroatoms. The van der Waals surface area contributed by atoms with Gasteiger partial charge >= 0.3 is 0 Å². The molecule has 0 aliphatic heterocycles. The summed E-state index contributed by atoms with van der Waals surface area (Å²) in [4.78, 5) is 0. The Morgan fingerprint density at radius 2 is 1.40 bits per heavy atom. The molecule has 25 heavy (non-hydrogen) atoms. The first-order valence-corrected chi connectivity index (χ1v) is 16.5. The second kappa shape index (κ2) is 9.89. The molecule has 0 aromatic rings. The van der Waals surface area contributed by atoms with Gasteiger partial charge in [0.05, 0.1) is 8.07 Å². The third-order valence-electron chi connectivity index (χ3n) is 7.06. The van der Waals surface area contributed by atoms with Crippen LogP contribution in [0.1, 0.15) is 80.1 Å². The number of nitrogens with zero attached hydrogens (tertiary/aromatic N) is 1. The second-order valence-corrected chi connectivity index (χ2v) is 20.8. The fourth-order valence-corrected chi connectivity index (χ4v) is 14.6. The van der Waals surface area contributed by atoms with Crippen molar-refractivity contribution in [3.05, 3.63) is 12.3 Å². The topological polar surface area (TPSA) is 3.24 Å². The van der Waals surface area contributed by atoms with Gasteiger partial charge in [0.2, 0.25) is 0 Å². The van der Waals surface area contributed by atoms with Gasteiger partial charge in [-0.2, -0.15) is 0 Å². The van der Waals surface area contributed by atoms with Crippen LogP contribution >= 0.6 is 0 Å². The van der Waals surface area contributed by atoms with Crippen molar-refractivity contribution in [2.24, 2.45) is 0 Å². The fraction of sp³-hybridized carbons (Fsp3) is 0.909. The average Bonchev–Trinajstić information content (AvgIpc) is 2.53. The summed E-state index contributed by atoms with van der Waals surface area (Å²) >= 11 is 0. The molecule has 0 unspecified atom stereocenters. The molecular formula is C22H47NSi2. The van der Waals surface area contributed by atoms with Gasteiger partial charge in [-0.3, -0.25) is 0 Å². The average molecular weight is 382 g/mol. The van der Waals surface area contributed by atoms with E-state index in [0.717, 1.165) is 22.7 Å². The van der Waals surface area contributed by atoms with Crippen LogP contribution in [0.2, 0.25) is 35.8 Å². The maximum Gasteiger partial charge on any atom is 0.136 e. The SMILES string of the molecule is C=C[Si](C)(C)CCCN(C1CCCCC1)[Si](C(C)C)(C(C)C)C(C)C. The minimum atomic E-state index is -1.53. The van der Waals surface area contributed by atoms with Crippen LogP contribution in [0.15, 0.2) is 12.3 Å². The first kappa shape index (κ1) is 23.2. The van der Waals surface area contributed by atoms with Crippen molar-refractivity contribution < 1.29 is 0 Å². The number of hydrogen-bond acceptors (Lipinski definition) is 1. The van der Waals surface area contributed by atoms with Crippen molar-refractivity contribution in [3.8, 4) is 0 Å². The maximum absolute atomic E-state index is 4.11. The van der Waals surface area contributed by atoms with Gasteiger partial charge < -0.3 is 4.57 Å². The van der Waals surface area contributed by atoms with Gasteiger partial charge in [0.15, 0.2) is 0 Å². The van der Waals surface area contributed by atoms with E-state index in [1.165, 1.54) is 51.1 Å². The molecule has 0 amide bonds. The van der Waals surface area contributed by atoms with Gasteiger partial charge in [-0.15, -0.1) is 12.3 Å². The van der Waals surface area contributed by atoms with Gasteiger partial charge in [0.1, 0.15) is 8.24 Å². The molecular weight excluding hydrogens is 334 g/mol. The smallest absolute Gasteiger partial charge is 0.136 e. The standard InChI is InChI=1S/C22H47NSi2/c1-10-24(8,9)18-14-17-23(22-15-12-11-13-16-22)25(19(2)3,20(4)5)21(6)7/h10,19-22H,1,11-18H2,2-9H3. The summed E-state index contributed by atoms with van der Waals surface area (Å²) in [6.07, 6.45) is 8.63. The molecule has 0 radical (unpaired) electrons. The molecule has 0 saturated heterocycles. The van der Waals surface area contributed by atoms with Crippen molar-refractivity contribution in [1.29, 1.82) is 0 Å². The van der Waals surface area contributed by atoms with E-state index in [2.05, 4.69) is 71.5 Å². The van der Waals surface area contributed by atoms with E-state index in [-0.39, 0.29) is 0 Å². The predicted molar refractivity (Wildman–Crippen MR) is 122 cm³/mol. The molecule has 0 bridgehead atoms. The summed E-state index contributed by atoms with van der Waals surface area (Å²) in [5.74, 6) is 0. The minimum absolute atomic E-state index is 0.832. The van der Waals surface area contributed by atoms with Crippen LogP contribution in [0.4, 0.5) is 0 Å². The Labute approximate surface area is 161 Å². The first-order chi connectivity index (χ1) is 11.6. The van der Waals surface area contributed by atoms with Crippen LogP contribution in [0.25, 0.3) is 0 Å². The molecule has 1 fully saturated rings. The zero-order chi connectivity index (χ0) is 19.3. The molecule has 0 spiro atoms. The van der Waals surface area contributed by atoms with Crippen LogP contribution in [0, 0.1) is 0 Å². The van der Waals surface area contributed by atoms with E-state index >= 15 is 0 Å². The molecule has 0 aromatic heterocycles. The van der Waals surface area contributed by atoms with E-state index in [9.17, 15) is 0 Å². The van der Waals surface area contributed by atoms with Crippen LogP contribution in [0.5, 0.6) is 0 Å². The lowest BCUT2D eigenvalue weighted by Gasteiger charge is -2.55. The van der Waals surface area contributed by atoms with Crippen molar-refractivity contribution >= 4 is 16.3 Å². The van der Waals surface area contributed by atoms with E-state index in [0.29, 0.717) is 0 Å². The van der Waals surface area contributed by atoms with Crippen molar-refractivity contribution in [2.45, 2.75) is 122 Å². The molecule has 1 aliphatic carbocycles. The molecule has 0 heterocycles. The highest BCUT2D eigenvalue weighted by atomic mass is 28.3. The van der Waals surface area contributed by atoms with Gasteiger partial charge in [0.25, 0.3) is 0 Å². The zero-order valence-corrected chi connectivity index (χ0v) is 20.7. The highest BCUT2D eigenvalue weighted by Gasteiger charge is 2.49. The Morgan fingerprint density at radius 1 is 0.920 bits per heavy atom. The molecule has 1 nitrogen and oxygen atoms in total. The number of hydrogen-bond donors (Lipinski definition) is 0. The van der Waals surface area contributed by atoms with Gasteiger partial charge in [-0.1, -0.05) is 79.9 Å². The summed E-state index contributed by atoms with van der Waals surface area (Å²) in [5, 5.41) is 0. The summed E-state index contributed by atoms with van der Waals surface area (Å²) < 4.78 is 3.15. The van der Waals surface area contributed by atoms with E-state index in [4.69, 9.17) is 0 Å². The van der Waals surface area contributed by atoms with Gasteiger partial charge in [-0.25, -0.2) is 0 Å². The second-order valence-electron chi connectivity index (χ2n) is 10.1. The minimum Gasteiger partial charge on any atom is -0.320 e. The largest absolute Gasteiger partial charge is 0.320 e. The summed E-state index contributed by atoms with van der Waals surface area (Å²) in [6, 6.07) is 2.26. The predicted octanol–water partition coefficient (Wildman–Crippen LogP) is 7.62. The van der Waals surface area contributed by atoms with Crippen molar-refractivity contribution in [3.63, 3.8) is 0 Å². The first-order valence-electron chi connectivity index (χ1n) is 11.0. The molecule has 0 N–H and O–H groups in total. The summed E-state index contributed by atoms with van der Waals surface area (Å²) in [7, 11) is -2.71. The van der Waals surface area contributed by atoms with E-state index in [1.54, 1.807) is 0 Å². The van der Waals surface area contributed by atoms with Crippen molar-refractivity contribution in [1.82, 2.24) is 4.57 Å². The summed E-state index contributed by atoms with van der Waals surface area (Å²) in [5.41, 5.74) is 4.79. The Kier molecular flexibility index (Phi) is 9.17. The van der Waals surface area contributed by atoms with Gasteiger partial charge in [0, 0.05) is 6.04 Å². The Hall–Kier alpha value is 0.134. The lowest BCUT2D eigenvalue weighted by Crippen LogP contribution is -2.64. The Bertz CT molecular complexity index is 373. The monoisotopic (exact) mass is 381 g/mol. The quantitative estimate of drug-likeness (QED) is 0.352. The van der Waals surface area contributed by atoms with Gasteiger partial charge in [-0.05, 0) is 42.4 Å². The van der Waals surface area contributed by atoms with Crippen LogP contribution < -0.4 is 0 Å². The summed E-state index contributed by atoms with van der Waals surface area (Å²) in [6.45, 7) is 25.6. The third-order valence-corrected chi connectivity index (χ3v) is 16.9. The molecule has 0 atom stereocenters. The van der Waals surface area contributed by atoms with Crippen molar-refractivity contribution in [2.75, 3.05) is 6.54 Å². The Balaban J connectivity index is 3.11. The van der Waals surface area contributed by atoms with E-state index < -0.39 is 16.3 Å². The van der Waals surface area contributed by atoms with Crippen LogP contribution in [-0.2, 0) is 0 Å². The molecule has 1 saturated carbocycles. The number of rotatable bonds is 10. The lowest BCUT2D eigenvalue weighted by atomic mass is 9.95. The highest BCUT2D eigenvalue weighted by molar-refractivity contribution is 6.82. The van der Waals surface area contributed by atoms with Crippen LogP contribution in [-0.4, -0.2) is 33.5 Å². The molecule has 1 aliphatic rings. The maximum atomic E-state index is 4.11. The molecule has 0 aromatic carbocycles. The van der Waals surface area contributed by atoms with Crippen LogP contribution in [0.3, 0.4) is 0 Å².